The molecule has 1 saturated heterocycles. The van der Waals surface area contributed by atoms with Gasteiger partial charge in [-0.15, -0.1) is 0 Å². The number of hydrogen-bond donors (Lipinski definition) is 0. The Morgan fingerprint density at radius 2 is 1.72 bits per heavy atom. The molecule has 0 aromatic rings. The van der Waals surface area contributed by atoms with Crippen LogP contribution in [0.25, 0.3) is 0 Å². The summed E-state index contributed by atoms with van der Waals surface area (Å²) in [7, 11) is 0. The summed E-state index contributed by atoms with van der Waals surface area (Å²) in [5.74, 6) is 0.621. The van der Waals surface area contributed by atoms with E-state index in [4.69, 9.17) is 5.26 Å². The maximum absolute atomic E-state index is 12.4. The van der Waals surface area contributed by atoms with Crippen LogP contribution in [-0.2, 0) is 4.79 Å². The minimum Gasteiger partial charge on any atom is -0.342 e. The molecular weight excluding hydrogens is 224 g/mol. The van der Waals surface area contributed by atoms with Gasteiger partial charge in [0.05, 0.1) is 11.5 Å². The monoisotopic (exact) mass is 248 g/mol. The molecule has 2 fully saturated rings. The average Bonchev–Trinajstić information content (AvgIpc) is 2.68. The van der Waals surface area contributed by atoms with Crippen molar-refractivity contribution in [1.82, 2.24) is 4.90 Å². The Bertz CT molecular complexity index is 329. The van der Waals surface area contributed by atoms with Crippen molar-refractivity contribution in [2.45, 2.75) is 58.3 Å². The Hall–Kier alpha value is -1.04. The van der Waals surface area contributed by atoms with E-state index >= 15 is 0 Å². The molecule has 0 unspecified atom stereocenters. The lowest BCUT2D eigenvalue weighted by Crippen LogP contribution is -2.44. The van der Waals surface area contributed by atoms with E-state index in [1.165, 1.54) is 25.7 Å². The van der Waals surface area contributed by atoms with Crippen molar-refractivity contribution in [1.29, 1.82) is 5.26 Å². The molecule has 100 valence electrons. The molecule has 1 heterocycles. The molecule has 0 radical (unpaired) electrons. The molecule has 1 aliphatic heterocycles. The molecule has 1 aliphatic carbocycles. The Labute approximate surface area is 110 Å². The minimum absolute atomic E-state index is 0.208. The number of amides is 1. The molecule has 3 nitrogen and oxygen atoms in total. The van der Waals surface area contributed by atoms with E-state index in [-0.39, 0.29) is 11.3 Å². The van der Waals surface area contributed by atoms with Crippen LogP contribution in [0.4, 0.5) is 0 Å². The maximum Gasteiger partial charge on any atom is 0.225 e. The van der Waals surface area contributed by atoms with Crippen molar-refractivity contribution in [3.8, 4) is 6.07 Å². The van der Waals surface area contributed by atoms with Crippen LogP contribution < -0.4 is 0 Å². The van der Waals surface area contributed by atoms with Gasteiger partial charge < -0.3 is 4.90 Å². The highest BCUT2D eigenvalue weighted by Crippen LogP contribution is 2.32. The first-order valence-electron chi connectivity index (χ1n) is 7.35. The fourth-order valence-corrected chi connectivity index (χ4v) is 3.12. The van der Waals surface area contributed by atoms with E-state index in [1.807, 2.05) is 11.8 Å². The van der Waals surface area contributed by atoms with E-state index in [2.05, 4.69) is 6.07 Å². The zero-order valence-electron chi connectivity index (χ0n) is 11.5. The lowest BCUT2D eigenvalue weighted by molar-refractivity contribution is -0.137. The number of carbonyl (C=O) groups excluding carboxylic acids is 1. The summed E-state index contributed by atoms with van der Waals surface area (Å²) in [5.41, 5.74) is -0.208. The van der Waals surface area contributed by atoms with Crippen molar-refractivity contribution in [3.63, 3.8) is 0 Å². The first-order chi connectivity index (χ1) is 8.64. The first-order valence-corrected chi connectivity index (χ1v) is 7.35. The summed E-state index contributed by atoms with van der Waals surface area (Å²) in [5, 5.41) is 9.11. The van der Waals surface area contributed by atoms with Gasteiger partial charge in [0.2, 0.25) is 5.91 Å². The minimum atomic E-state index is -0.208. The zero-order chi connectivity index (χ0) is 13.0. The van der Waals surface area contributed by atoms with Gasteiger partial charge in [0, 0.05) is 19.0 Å². The molecule has 0 spiro atoms. The standard InChI is InChI=1S/C15H24N2O/c1-15(12-16)8-10-17(11-9-15)14(18)13-6-4-2-3-5-7-13/h13H,2-11H2,1H3. The van der Waals surface area contributed by atoms with Crippen molar-refractivity contribution < 1.29 is 4.79 Å². The predicted molar refractivity (Wildman–Crippen MR) is 70.7 cm³/mol. The third kappa shape index (κ3) is 3.04. The van der Waals surface area contributed by atoms with Crippen molar-refractivity contribution >= 4 is 5.91 Å². The zero-order valence-corrected chi connectivity index (χ0v) is 11.5. The second-order valence-corrected chi connectivity index (χ2v) is 6.19. The van der Waals surface area contributed by atoms with E-state index in [0.717, 1.165) is 38.8 Å². The van der Waals surface area contributed by atoms with E-state index in [0.29, 0.717) is 5.91 Å². The van der Waals surface area contributed by atoms with E-state index in [1.54, 1.807) is 0 Å². The largest absolute Gasteiger partial charge is 0.342 e. The SMILES string of the molecule is CC1(C#N)CCN(C(=O)C2CCCCCC2)CC1. The Kier molecular flexibility index (Phi) is 4.27. The molecule has 1 saturated carbocycles. The first kappa shape index (κ1) is 13.4. The van der Waals surface area contributed by atoms with Crippen LogP contribution in [0.3, 0.4) is 0 Å². The van der Waals surface area contributed by atoms with Crippen LogP contribution in [0.5, 0.6) is 0 Å². The van der Waals surface area contributed by atoms with E-state index in [9.17, 15) is 4.79 Å². The second-order valence-electron chi connectivity index (χ2n) is 6.19. The normalized spacial score (nSPS) is 25.2. The molecule has 0 bridgehead atoms. The van der Waals surface area contributed by atoms with Gasteiger partial charge in [0.25, 0.3) is 0 Å². The van der Waals surface area contributed by atoms with Crippen molar-refractivity contribution in [2.75, 3.05) is 13.1 Å². The van der Waals surface area contributed by atoms with Crippen LogP contribution in [0.1, 0.15) is 58.3 Å². The number of nitrogens with zero attached hydrogens (tertiary/aromatic N) is 2. The molecule has 0 aromatic heterocycles. The average molecular weight is 248 g/mol. The Morgan fingerprint density at radius 1 is 1.17 bits per heavy atom. The van der Waals surface area contributed by atoms with Crippen LogP contribution >= 0.6 is 0 Å². The van der Waals surface area contributed by atoms with Gasteiger partial charge in [-0.1, -0.05) is 25.7 Å². The van der Waals surface area contributed by atoms with Gasteiger partial charge in [-0.3, -0.25) is 4.79 Å². The Balaban J connectivity index is 1.89. The number of likely N-dealkylation sites (tertiary alicyclic amines) is 1. The van der Waals surface area contributed by atoms with Crippen molar-refractivity contribution in [3.05, 3.63) is 0 Å². The number of nitriles is 1. The lowest BCUT2D eigenvalue weighted by atomic mass is 9.81. The van der Waals surface area contributed by atoms with Gasteiger partial charge in [-0.05, 0) is 32.6 Å². The van der Waals surface area contributed by atoms with Crippen LogP contribution in [-0.4, -0.2) is 23.9 Å². The fourth-order valence-electron chi connectivity index (χ4n) is 3.12. The third-order valence-corrected chi connectivity index (χ3v) is 4.65. The molecule has 18 heavy (non-hydrogen) atoms. The van der Waals surface area contributed by atoms with Gasteiger partial charge in [0.1, 0.15) is 0 Å². The smallest absolute Gasteiger partial charge is 0.225 e. The van der Waals surface area contributed by atoms with Crippen LogP contribution in [0.15, 0.2) is 0 Å². The molecule has 0 aromatic carbocycles. The molecule has 0 N–H and O–H groups in total. The van der Waals surface area contributed by atoms with Crippen LogP contribution in [0.2, 0.25) is 0 Å². The van der Waals surface area contributed by atoms with Crippen LogP contribution in [0, 0.1) is 22.7 Å². The quantitative estimate of drug-likeness (QED) is 0.669. The van der Waals surface area contributed by atoms with Gasteiger partial charge in [0.15, 0.2) is 0 Å². The summed E-state index contributed by atoms with van der Waals surface area (Å²) in [6, 6.07) is 2.39. The summed E-state index contributed by atoms with van der Waals surface area (Å²) in [6.07, 6.45) is 8.81. The number of hydrogen-bond acceptors (Lipinski definition) is 2. The third-order valence-electron chi connectivity index (χ3n) is 4.65. The van der Waals surface area contributed by atoms with Gasteiger partial charge >= 0.3 is 0 Å². The summed E-state index contributed by atoms with van der Waals surface area (Å²) >= 11 is 0. The summed E-state index contributed by atoms with van der Waals surface area (Å²) < 4.78 is 0. The second kappa shape index (κ2) is 5.73. The summed E-state index contributed by atoms with van der Waals surface area (Å²) in [6.45, 7) is 3.57. The Morgan fingerprint density at radius 3 is 2.22 bits per heavy atom. The number of carbonyl (C=O) groups is 1. The molecule has 2 rings (SSSR count). The van der Waals surface area contributed by atoms with Crippen molar-refractivity contribution in [2.24, 2.45) is 11.3 Å². The fraction of sp³-hybridized carbons (Fsp3) is 0.867. The predicted octanol–water partition coefficient (Wildman–Crippen LogP) is 3.11. The maximum atomic E-state index is 12.4. The summed E-state index contributed by atoms with van der Waals surface area (Å²) in [4.78, 5) is 14.5. The molecule has 0 atom stereocenters. The molecule has 3 heteroatoms. The van der Waals surface area contributed by atoms with Gasteiger partial charge in [-0.2, -0.15) is 5.26 Å². The lowest BCUT2D eigenvalue weighted by Gasteiger charge is -2.36. The number of rotatable bonds is 1. The highest BCUT2D eigenvalue weighted by Gasteiger charge is 2.34. The highest BCUT2D eigenvalue weighted by molar-refractivity contribution is 5.79. The molecular formula is C15H24N2O. The van der Waals surface area contributed by atoms with E-state index < -0.39 is 0 Å². The molecule has 2 aliphatic rings. The topological polar surface area (TPSA) is 44.1 Å². The highest BCUT2D eigenvalue weighted by atomic mass is 16.2. The van der Waals surface area contributed by atoms with Gasteiger partial charge in [-0.25, -0.2) is 0 Å². The number of piperidine rings is 1. The molecule has 1 amide bonds.